The van der Waals surface area contributed by atoms with E-state index in [0.29, 0.717) is 6.42 Å². The Labute approximate surface area is 188 Å². The second-order valence-corrected chi connectivity index (χ2v) is 8.71. The average molecular weight is 459 g/mol. The molecule has 0 radical (unpaired) electrons. The van der Waals surface area contributed by atoms with Gasteiger partial charge in [0.2, 0.25) is 17.7 Å². The van der Waals surface area contributed by atoms with Crippen molar-refractivity contribution in [3.05, 3.63) is 0 Å². The van der Waals surface area contributed by atoms with Gasteiger partial charge in [-0.15, -0.1) is 0 Å². The second-order valence-electron chi connectivity index (χ2n) is 8.71. The lowest BCUT2D eigenvalue weighted by atomic mass is 9.95. The summed E-state index contributed by atoms with van der Waals surface area (Å²) in [5, 5.41) is 25.7. The fourth-order valence-electron chi connectivity index (χ4n) is 2.91. The zero-order valence-electron chi connectivity index (χ0n) is 19.7. The number of carbonyl (C=O) groups excluding carboxylic acids is 3. The molecular weight excluding hydrogens is 420 g/mol. The number of carbonyl (C=O) groups is 5. The van der Waals surface area contributed by atoms with Crippen LogP contribution < -0.4 is 21.7 Å². The van der Waals surface area contributed by atoms with Gasteiger partial charge in [0.15, 0.2) is 0 Å². The van der Waals surface area contributed by atoms with Crippen LogP contribution in [-0.4, -0.2) is 64.0 Å². The number of rotatable bonds is 14. The molecule has 5 atom stereocenters. The van der Waals surface area contributed by atoms with Crippen molar-refractivity contribution in [2.45, 2.75) is 85.0 Å². The molecule has 32 heavy (non-hydrogen) atoms. The molecular formula is C21H38N4O7. The molecule has 0 aromatic carbocycles. The predicted molar refractivity (Wildman–Crippen MR) is 117 cm³/mol. The van der Waals surface area contributed by atoms with E-state index >= 15 is 0 Å². The van der Waals surface area contributed by atoms with Crippen molar-refractivity contribution in [3.8, 4) is 0 Å². The van der Waals surface area contributed by atoms with Gasteiger partial charge < -0.3 is 31.9 Å². The number of nitrogens with one attached hydrogen (secondary N) is 3. The van der Waals surface area contributed by atoms with Crippen LogP contribution in [0.5, 0.6) is 0 Å². The predicted octanol–water partition coefficient (Wildman–Crippen LogP) is 0.0756. The molecule has 0 spiro atoms. The number of carboxylic acids is 2. The van der Waals surface area contributed by atoms with Gasteiger partial charge in [-0.2, -0.15) is 0 Å². The first-order chi connectivity index (χ1) is 14.7. The van der Waals surface area contributed by atoms with E-state index in [1.54, 1.807) is 34.6 Å². The molecule has 0 heterocycles. The lowest BCUT2D eigenvalue weighted by molar-refractivity contribution is -0.144. The maximum Gasteiger partial charge on any atom is 0.326 e. The molecule has 0 fully saturated rings. The van der Waals surface area contributed by atoms with Crippen LogP contribution in [0.25, 0.3) is 0 Å². The lowest BCUT2D eigenvalue weighted by Crippen LogP contribution is -2.60. The third-order valence-corrected chi connectivity index (χ3v) is 5.28. The molecule has 3 amide bonds. The zero-order chi connectivity index (χ0) is 25.2. The third kappa shape index (κ3) is 9.63. The van der Waals surface area contributed by atoms with Crippen LogP contribution in [0.15, 0.2) is 0 Å². The Morgan fingerprint density at radius 1 is 0.750 bits per heavy atom. The van der Waals surface area contributed by atoms with Gasteiger partial charge in [-0.25, -0.2) is 4.79 Å². The van der Waals surface area contributed by atoms with Gasteiger partial charge in [0.1, 0.15) is 18.1 Å². The molecule has 0 rings (SSSR count). The van der Waals surface area contributed by atoms with Gasteiger partial charge in [-0.05, 0) is 24.2 Å². The molecule has 0 aliphatic rings. The molecule has 0 saturated carbocycles. The van der Waals surface area contributed by atoms with Crippen LogP contribution in [0.1, 0.15) is 60.8 Å². The third-order valence-electron chi connectivity index (χ3n) is 5.28. The number of amides is 3. The quantitative estimate of drug-likeness (QED) is 0.211. The van der Waals surface area contributed by atoms with Crippen molar-refractivity contribution in [1.82, 2.24) is 16.0 Å². The summed E-state index contributed by atoms with van der Waals surface area (Å²) in [6.45, 7) is 10.3. The summed E-state index contributed by atoms with van der Waals surface area (Å²) in [6, 6.07) is -4.24. The monoisotopic (exact) mass is 458 g/mol. The molecule has 0 aromatic heterocycles. The molecule has 0 aromatic rings. The Kier molecular flexibility index (Phi) is 12.5. The Morgan fingerprint density at radius 2 is 1.19 bits per heavy atom. The fourth-order valence-corrected chi connectivity index (χ4v) is 2.91. The van der Waals surface area contributed by atoms with Crippen LogP contribution in [0, 0.1) is 17.8 Å². The maximum absolute atomic E-state index is 12.9. The van der Waals surface area contributed by atoms with Crippen molar-refractivity contribution >= 4 is 29.7 Å². The first kappa shape index (κ1) is 29.3. The molecule has 11 heteroatoms. The van der Waals surface area contributed by atoms with E-state index in [0.717, 1.165) is 0 Å². The van der Waals surface area contributed by atoms with E-state index in [1.165, 1.54) is 0 Å². The molecule has 0 bridgehead atoms. The Balaban J connectivity index is 5.44. The number of aliphatic carboxylic acids is 2. The average Bonchev–Trinajstić information content (AvgIpc) is 2.70. The van der Waals surface area contributed by atoms with Crippen LogP contribution in [0.4, 0.5) is 0 Å². The van der Waals surface area contributed by atoms with Gasteiger partial charge in [-0.1, -0.05) is 48.0 Å². The molecule has 184 valence electrons. The highest BCUT2D eigenvalue weighted by atomic mass is 16.4. The number of carboxylic acid groups (broad SMARTS) is 2. The highest BCUT2D eigenvalue weighted by molar-refractivity contribution is 5.94. The molecule has 7 N–H and O–H groups in total. The maximum atomic E-state index is 12.9. The molecule has 0 aliphatic carbocycles. The van der Waals surface area contributed by atoms with Crippen LogP contribution in [0.2, 0.25) is 0 Å². The minimum atomic E-state index is -1.18. The first-order valence-corrected chi connectivity index (χ1v) is 10.8. The van der Waals surface area contributed by atoms with Crippen LogP contribution in [-0.2, 0) is 24.0 Å². The Morgan fingerprint density at radius 3 is 1.59 bits per heavy atom. The Bertz CT molecular complexity index is 681. The van der Waals surface area contributed by atoms with Gasteiger partial charge >= 0.3 is 11.9 Å². The minimum absolute atomic E-state index is 0.0860. The van der Waals surface area contributed by atoms with E-state index in [-0.39, 0.29) is 30.6 Å². The van der Waals surface area contributed by atoms with Crippen molar-refractivity contribution in [1.29, 1.82) is 0 Å². The molecule has 11 nitrogen and oxygen atoms in total. The fraction of sp³-hybridized carbons (Fsp3) is 0.762. The number of nitrogens with two attached hydrogens (primary N) is 1. The zero-order valence-corrected chi connectivity index (χ0v) is 19.7. The standard InChI is InChI=1S/C21H38N4O7/c1-7-12(6)17(20(30)24-16(11(4)5)21(31)32)25-19(29)15(10(2)3)23-18(28)13(22)8-9-14(26)27/h10-13,15-17H,7-9,22H2,1-6H3,(H,23,28)(H,24,30)(H,25,29)(H,26,27)(H,31,32). The number of hydrogen-bond donors (Lipinski definition) is 6. The van der Waals surface area contributed by atoms with E-state index < -0.39 is 53.8 Å². The molecule has 0 aliphatic heterocycles. The summed E-state index contributed by atoms with van der Waals surface area (Å²) in [7, 11) is 0. The van der Waals surface area contributed by atoms with Crippen molar-refractivity contribution in [2.24, 2.45) is 23.5 Å². The van der Waals surface area contributed by atoms with Gasteiger partial charge in [-0.3, -0.25) is 19.2 Å². The van der Waals surface area contributed by atoms with Crippen LogP contribution >= 0.6 is 0 Å². The highest BCUT2D eigenvalue weighted by Crippen LogP contribution is 2.12. The summed E-state index contributed by atoms with van der Waals surface area (Å²) in [5.74, 6) is -5.19. The van der Waals surface area contributed by atoms with E-state index in [4.69, 9.17) is 10.8 Å². The minimum Gasteiger partial charge on any atom is -0.481 e. The van der Waals surface area contributed by atoms with Gasteiger partial charge in [0.05, 0.1) is 6.04 Å². The summed E-state index contributed by atoms with van der Waals surface area (Å²) in [6.07, 6.45) is 0.164. The van der Waals surface area contributed by atoms with Crippen LogP contribution in [0.3, 0.4) is 0 Å². The van der Waals surface area contributed by atoms with Gasteiger partial charge in [0, 0.05) is 6.42 Å². The summed E-state index contributed by atoms with van der Waals surface area (Å²) in [5.41, 5.74) is 5.72. The van der Waals surface area contributed by atoms with E-state index in [9.17, 15) is 29.1 Å². The van der Waals surface area contributed by atoms with E-state index in [2.05, 4.69) is 16.0 Å². The Hall–Kier alpha value is -2.69. The highest BCUT2D eigenvalue weighted by Gasteiger charge is 2.34. The second kappa shape index (κ2) is 13.7. The summed E-state index contributed by atoms with van der Waals surface area (Å²) >= 11 is 0. The lowest BCUT2D eigenvalue weighted by Gasteiger charge is -2.29. The summed E-state index contributed by atoms with van der Waals surface area (Å²) in [4.78, 5) is 60.2. The molecule has 5 unspecified atom stereocenters. The summed E-state index contributed by atoms with van der Waals surface area (Å²) < 4.78 is 0. The van der Waals surface area contributed by atoms with Crippen molar-refractivity contribution < 1.29 is 34.2 Å². The normalized spacial score (nSPS) is 15.9. The molecule has 0 saturated heterocycles. The smallest absolute Gasteiger partial charge is 0.326 e. The topological polar surface area (TPSA) is 188 Å². The number of hydrogen-bond acceptors (Lipinski definition) is 6. The SMILES string of the molecule is CCC(C)C(NC(=O)C(NC(=O)C(N)CCC(=O)O)C(C)C)C(=O)NC(C(=O)O)C(C)C. The van der Waals surface area contributed by atoms with Crippen molar-refractivity contribution in [2.75, 3.05) is 0 Å². The largest absolute Gasteiger partial charge is 0.481 e. The van der Waals surface area contributed by atoms with Gasteiger partial charge in [0.25, 0.3) is 0 Å². The first-order valence-electron chi connectivity index (χ1n) is 10.8. The van der Waals surface area contributed by atoms with E-state index in [1.807, 2.05) is 6.92 Å². The van der Waals surface area contributed by atoms with Crippen molar-refractivity contribution in [3.63, 3.8) is 0 Å².